The fraction of sp³-hybridized carbons (Fsp3) is 0.500. The highest BCUT2D eigenvalue weighted by Crippen LogP contribution is 2.23. The summed E-state index contributed by atoms with van der Waals surface area (Å²) in [6, 6.07) is 5.22. The van der Waals surface area contributed by atoms with Crippen LogP contribution in [0.5, 0.6) is 5.75 Å². The topological polar surface area (TPSA) is 84.6 Å². The van der Waals surface area contributed by atoms with Crippen LogP contribution >= 0.6 is 0 Å². The number of aliphatic hydroxyl groups is 1. The highest BCUT2D eigenvalue weighted by molar-refractivity contribution is 5.91. The summed E-state index contributed by atoms with van der Waals surface area (Å²) >= 11 is 0. The van der Waals surface area contributed by atoms with E-state index in [0.717, 1.165) is 0 Å². The van der Waals surface area contributed by atoms with Gasteiger partial charge in [0.25, 0.3) is 0 Å². The monoisotopic (exact) mass is 266 g/mol. The highest BCUT2D eigenvalue weighted by Gasteiger charge is 2.09. The van der Waals surface area contributed by atoms with E-state index in [4.69, 9.17) is 10.5 Å². The van der Waals surface area contributed by atoms with Gasteiger partial charge in [-0.3, -0.25) is 4.79 Å². The molecule has 0 fully saturated rings. The average molecular weight is 266 g/mol. The number of carbonyl (C=O) groups is 1. The first kappa shape index (κ1) is 15.5. The summed E-state index contributed by atoms with van der Waals surface area (Å²) in [5.41, 5.74) is 6.80. The number of nitrogens with one attached hydrogen (secondary N) is 1. The van der Waals surface area contributed by atoms with Crippen molar-refractivity contribution in [3.8, 4) is 5.75 Å². The number of benzene rings is 1. The third kappa shape index (κ3) is 4.89. The van der Waals surface area contributed by atoms with E-state index in [1.165, 1.54) is 0 Å². The van der Waals surface area contributed by atoms with Crippen LogP contribution in [0.2, 0.25) is 0 Å². The molecule has 1 amide bonds. The van der Waals surface area contributed by atoms with Crippen LogP contribution in [0.15, 0.2) is 18.2 Å². The van der Waals surface area contributed by atoms with Crippen LogP contribution in [0.25, 0.3) is 0 Å². The molecule has 0 aliphatic heterocycles. The van der Waals surface area contributed by atoms with E-state index < -0.39 is 0 Å². The maximum Gasteiger partial charge on any atom is 0.224 e. The molecule has 0 bridgehead atoms. The summed E-state index contributed by atoms with van der Waals surface area (Å²) in [5, 5.41) is 12.1. The second-order valence-corrected chi connectivity index (χ2v) is 4.51. The molecule has 1 aromatic carbocycles. The van der Waals surface area contributed by atoms with E-state index in [1.54, 1.807) is 18.2 Å². The third-order valence-corrected chi connectivity index (χ3v) is 2.75. The molecule has 4 N–H and O–H groups in total. The number of aliphatic hydroxyl groups excluding tert-OH is 1. The van der Waals surface area contributed by atoms with Crippen LogP contribution < -0.4 is 15.8 Å². The van der Waals surface area contributed by atoms with E-state index in [-0.39, 0.29) is 18.4 Å². The molecule has 0 aliphatic carbocycles. The Kier molecular flexibility index (Phi) is 6.32. The molecule has 1 unspecified atom stereocenters. The van der Waals surface area contributed by atoms with Crippen LogP contribution in [0.3, 0.4) is 0 Å². The quantitative estimate of drug-likeness (QED) is 0.698. The number of rotatable bonds is 7. The lowest BCUT2D eigenvalue weighted by Crippen LogP contribution is -2.20. The molecular weight excluding hydrogens is 244 g/mol. The van der Waals surface area contributed by atoms with Crippen molar-refractivity contribution >= 4 is 11.6 Å². The van der Waals surface area contributed by atoms with Crippen molar-refractivity contribution in [2.24, 2.45) is 11.7 Å². The number of hydrogen-bond acceptors (Lipinski definition) is 4. The molecule has 19 heavy (non-hydrogen) atoms. The molecule has 0 aromatic heterocycles. The second kappa shape index (κ2) is 7.76. The molecule has 1 aromatic rings. The van der Waals surface area contributed by atoms with Crippen LogP contribution in [-0.4, -0.2) is 24.2 Å². The molecular formula is C14H22N2O3. The lowest BCUT2D eigenvalue weighted by Gasteiger charge is -2.12. The van der Waals surface area contributed by atoms with Crippen LogP contribution in [0.1, 0.15) is 25.8 Å². The molecule has 0 heterocycles. The molecule has 5 heteroatoms. The molecule has 0 saturated heterocycles. The first-order chi connectivity index (χ1) is 9.10. The summed E-state index contributed by atoms with van der Waals surface area (Å²) in [7, 11) is 0. The Balaban J connectivity index is 2.71. The summed E-state index contributed by atoms with van der Waals surface area (Å²) < 4.78 is 5.38. The van der Waals surface area contributed by atoms with Gasteiger partial charge >= 0.3 is 0 Å². The highest BCUT2D eigenvalue weighted by atomic mass is 16.5. The van der Waals surface area contributed by atoms with E-state index >= 15 is 0 Å². The lowest BCUT2D eigenvalue weighted by molar-refractivity contribution is -0.116. The number of nitrogens with two attached hydrogens (primary N) is 1. The first-order valence-electron chi connectivity index (χ1n) is 6.47. The second-order valence-electron chi connectivity index (χ2n) is 4.51. The van der Waals surface area contributed by atoms with Gasteiger partial charge in [0, 0.05) is 17.7 Å². The molecule has 0 saturated carbocycles. The van der Waals surface area contributed by atoms with Crippen molar-refractivity contribution in [3.05, 3.63) is 23.8 Å². The molecule has 0 aliphatic rings. The predicted molar refractivity (Wildman–Crippen MR) is 75.0 cm³/mol. The lowest BCUT2D eigenvalue weighted by atomic mass is 10.1. The number of hydrogen-bond donors (Lipinski definition) is 3. The van der Waals surface area contributed by atoms with Crippen molar-refractivity contribution in [2.45, 2.75) is 26.9 Å². The van der Waals surface area contributed by atoms with Gasteiger partial charge in [0.05, 0.1) is 13.2 Å². The third-order valence-electron chi connectivity index (χ3n) is 2.75. The minimum absolute atomic E-state index is 0.0778. The minimum Gasteiger partial charge on any atom is -0.494 e. The van der Waals surface area contributed by atoms with E-state index in [9.17, 15) is 9.90 Å². The Morgan fingerprint density at radius 2 is 2.26 bits per heavy atom. The molecule has 106 valence electrons. The zero-order valence-corrected chi connectivity index (χ0v) is 11.5. The number of carbonyl (C=O) groups excluding carboxylic acids is 1. The zero-order valence-electron chi connectivity index (χ0n) is 11.5. The molecule has 0 radical (unpaired) electrons. The zero-order chi connectivity index (χ0) is 14.3. The molecule has 0 spiro atoms. The van der Waals surface area contributed by atoms with Gasteiger partial charge in [0.1, 0.15) is 5.75 Å². The normalized spacial score (nSPS) is 12.0. The maximum absolute atomic E-state index is 11.7. The minimum atomic E-state index is -0.127. The Morgan fingerprint density at radius 3 is 2.84 bits per heavy atom. The predicted octanol–water partition coefficient (Wildman–Crippen LogP) is 1.50. The van der Waals surface area contributed by atoms with Crippen LogP contribution in [0.4, 0.5) is 5.69 Å². The Labute approximate surface area is 113 Å². The van der Waals surface area contributed by atoms with Crippen LogP contribution in [0, 0.1) is 5.92 Å². The van der Waals surface area contributed by atoms with Crippen molar-refractivity contribution in [2.75, 3.05) is 18.5 Å². The number of ether oxygens (including phenoxy) is 1. The van der Waals surface area contributed by atoms with Gasteiger partial charge in [0.15, 0.2) is 0 Å². The van der Waals surface area contributed by atoms with Gasteiger partial charge in [-0.1, -0.05) is 6.92 Å². The summed E-state index contributed by atoms with van der Waals surface area (Å²) in [5.74, 6) is 0.712. The van der Waals surface area contributed by atoms with Gasteiger partial charge < -0.3 is 20.9 Å². The number of amides is 1. The van der Waals surface area contributed by atoms with E-state index in [2.05, 4.69) is 5.32 Å². The Hall–Kier alpha value is -1.59. The Morgan fingerprint density at radius 1 is 1.53 bits per heavy atom. The SMILES string of the molecule is CCOc1ccc(NC(=O)CC(C)CN)cc1CO. The van der Waals surface area contributed by atoms with Crippen molar-refractivity contribution < 1.29 is 14.6 Å². The summed E-state index contributed by atoms with van der Waals surface area (Å²) in [6.45, 7) is 4.70. The molecule has 1 atom stereocenters. The van der Waals surface area contributed by atoms with Gasteiger partial charge in [-0.15, -0.1) is 0 Å². The van der Waals surface area contributed by atoms with Gasteiger partial charge in [-0.2, -0.15) is 0 Å². The average Bonchev–Trinajstić information content (AvgIpc) is 2.40. The number of anilines is 1. The standard InChI is InChI=1S/C14H22N2O3/c1-3-19-13-5-4-12(7-11(13)9-17)16-14(18)6-10(2)8-15/h4-5,7,10,17H,3,6,8-9,15H2,1-2H3,(H,16,18). The fourth-order valence-corrected chi connectivity index (χ4v) is 1.69. The van der Waals surface area contributed by atoms with Crippen LogP contribution in [-0.2, 0) is 11.4 Å². The fourth-order valence-electron chi connectivity index (χ4n) is 1.69. The van der Waals surface area contributed by atoms with E-state index in [1.807, 2.05) is 13.8 Å². The molecule has 5 nitrogen and oxygen atoms in total. The maximum atomic E-state index is 11.7. The van der Waals surface area contributed by atoms with Crippen molar-refractivity contribution in [1.29, 1.82) is 0 Å². The Bertz CT molecular complexity index is 421. The summed E-state index contributed by atoms with van der Waals surface area (Å²) in [4.78, 5) is 11.7. The van der Waals surface area contributed by atoms with Crippen molar-refractivity contribution in [1.82, 2.24) is 0 Å². The van der Waals surface area contributed by atoms with Crippen molar-refractivity contribution in [3.63, 3.8) is 0 Å². The van der Waals surface area contributed by atoms with Gasteiger partial charge in [0.2, 0.25) is 5.91 Å². The smallest absolute Gasteiger partial charge is 0.224 e. The van der Waals surface area contributed by atoms with Gasteiger partial charge in [-0.05, 0) is 37.6 Å². The van der Waals surface area contributed by atoms with Gasteiger partial charge in [-0.25, -0.2) is 0 Å². The largest absolute Gasteiger partial charge is 0.494 e. The summed E-state index contributed by atoms with van der Waals surface area (Å²) in [6.07, 6.45) is 0.387. The first-order valence-corrected chi connectivity index (χ1v) is 6.47. The van der Waals surface area contributed by atoms with E-state index in [0.29, 0.717) is 36.6 Å². The molecule has 1 rings (SSSR count).